The topological polar surface area (TPSA) is 92.2 Å². The van der Waals surface area contributed by atoms with Crippen LogP contribution in [0.5, 0.6) is 0 Å². The fourth-order valence-corrected chi connectivity index (χ4v) is 2.80. The maximum absolute atomic E-state index is 12.3. The van der Waals surface area contributed by atoms with E-state index in [0.29, 0.717) is 19.5 Å². The number of rotatable bonds is 4. The predicted octanol–water partition coefficient (Wildman–Crippen LogP) is 0.687. The first-order valence-corrected chi connectivity index (χ1v) is 7.88. The van der Waals surface area contributed by atoms with Crippen LogP contribution < -0.4 is 10.6 Å². The van der Waals surface area contributed by atoms with Crippen molar-refractivity contribution in [1.82, 2.24) is 30.1 Å². The molecule has 1 aliphatic heterocycles. The van der Waals surface area contributed by atoms with Gasteiger partial charge in [-0.15, -0.1) is 0 Å². The summed E-state index contributed by atoms with van der Waals surface area (Å²) in [5.41, 5.74) is 0.892. The highest BCUT2D eigenvalue weighted by Crippen LogP contribution is 2.17. The minimum atomic E-state index is -0.378. The van der Waals surface area contributed by atoms with Crippen molar-refractivity contribution in [3.8, 4) is 5.82 Å². The summed E-state index contributed by atoms with van der Waals surface area (Å²) in [6.07, 6.45) is 8.44. The van der Waals surface area contributed by atoms with Crippen LogP contribution >= 0.6 is 0 Å². The first-order valence-electron chi connectivity index (χ1n) is 7.88. The van der Waals surface area contributed by atoms with Gasteiger partial charge in [-0.05, 0) is 24.5 Å². The summed E-state index contributed by atoms with van der Waals surface area (Å²) < 4.78 is 1.81. The van der Waals surface area contributed by atoms with Crippen LogP contribution in [0.3, 0.4) is 0 Å². The van der Waals surface area contributed by atoms with Gasteiger partial charge in [-0.1, -0.05) is 6.07 Å². The molecule has 1 aliphatic rings. The maximum atomic E-state index is 12.3. The van der Waals surface area contributed by atoms with Gasteiger partial charge in [0.05, 0.1) is 0 Å². The second kappa shape index (κ2) is 7.12. The number of nitrogens with zero attached hydrogens (tertiary/aromatic N) is 4. The third-order valence-electron chi connectivity index (χ3n) is 4.08. The molecule has 3 heterocycles. The number of carbonyl (C=O) groups is 2. The molecular weight excluding hydrogens is 308 g/mol. The fraction of sp³-hybridized carbons (Fsp3) is 0.375. The minimum absolute atomic E-state index is 0.117. The molecule has 0 spiro atoms. The highest BCUT2D eigenvalue weighted by Gasteiger charge is 2.33. The van der Waals surface area contributed by atoms with Gasteiger partial charge in [0.15, 0.2) is 0 Å². The number of carbonyl (C=O) groups excluding carboxylic acids is 2. The number of likely N-dealkylation sites (N-methyl/N-ethyl adjacent to an activating group) is 1. The molecule has 0 aromatic carbocycles. The second-order valence-electron chi connectivity index (χ2n) is 5.62. The van der Waals surface area contributed by atoms with Gasteiger partial charge < -0.3 is 15.5 Å². The Kier molecular flexibility index (Phi) is 4.74. The molecule has 1 atom stereocenters. The third kappa shape index (κ3) is 3.37. The highest BCUT2D eigenvalue weighted by molar-refractivity contribution is 5.87. The van der Waals surface area contributed by atoms with Crippen LogP contribution in [-0.2, 0) is 11.3 Å². The van der Waals surface area contributed by atoms with E-state index < -0.39 is 0 Å². The molecule has 126 valence electrons. The normalized spacial score (nSPS) is 16.9. The van der Waals surface area contributed by atoms with E-state index in [1.54, 1.807) is 35.2 Å². The van der Waals surface area contributed by atoms with Crippen LogP contribution in [0.25, 0.3) is 5.82 Å². The number of nitrogens with one attached hydrogen (secondary N) is 2. The number of aromatic nitrogens is 3. The summed E-state index contributed by atoms with van der Waals surface area (Å²) in [5.74, 6) is 0.649. The van der Waals surface area contributed by atoms with Crippen molar-refractivity contribution in [2.45, 2.75) is 25.4 Å². The number of urea groups is 1. The summed E-state index contributed by atoms with van der Waals surface area (Å²) in [6.45, 7) is 0.967. The standard InChI is InChI=1S/C16H20N6O2/c1-17-15(23)13-3-2-7-22(13)16(24)20-10-12-4-5-14(19-9-12)21-8-6-18-11-21/h4-6,8-9,11,13H,2-3,7,10H2,1H3,(H,17,23)(H,20,24). The Hall–Kier alpha value is -2.90. The summed E-state index contributed by atoms with van der Waals surface area (Å²) in [5, 5.41) is 5.46. The lowest BCUT2D eigenvalue weighted by Gasteiger charge is -2.23. The zero-order chi connectivity index (χ0) is 16.9. The molecule has 24 heavy (non-hydrogen) atoms. The Labute approximate surface area is 139 Å². The minimum Gasteiger partial charge on any atom is -0.357 e. The number of hydrogen-bond donors (Lipinski definition) is 2. The molecule has 0 radical (unpaired) electrons. The SMILES string of the molecule is CNC(=O)C1CCCN1C(=O)NCc1ccc(-n2ccnc2)nc1. The molecule has 0 aliphatic carbocycles. The molecule has 3 rings (SSSR count). The molecule has 8 nitrogen and oxygen atoms in total. The maximum Gasteiger partial charge on any atom is 0.318 e. The van der Waals surface area contributed by atoms with Crippen LogP contribution in [-0.4, -0.2) is 51.0 Å². The van der Waals surface area contributed by atoms with Crippen molar-refractivity contribution >= 4 is 11.9 Å². The first kappa shape index (κ1) is 16.0. The Morgan fingerprint density at radius 1 is 1.38 bits per heavy atom. The van der Waals surface area contributed by atoms with Crippen LogP contribution in [0.15, 0.2) is 37.1 Å². The van der Waals surface area contributed by atoms with Gasteiger partial charge in [-0.2, -0.15) is 0 Å². The molecule has 0 bridgehead atoms. The number of pyridine rings is 1. The Bertz CT molecular complexity index is 698. The van der Waals surface area contributed by atoms with E-state index >= 15 is 0 Å². The zero-order valence-corrected chi connectivity index (χ0v) is 13.5. The van der Waals surface area contributed by atoms with E-state index in [1.807, 2.05) is 18.3 Å². The van der Waals surface area contributed by atoms with Gasteiger partial charge >= 0.3 is 6.03 Å². The van der Waals surface area contributed by atoms with Crippen molar-refractivity contribution < 1.29 is 9.59 Å². The first-order chi connectivity index (χ1) is 11.7. The summed E-state index contributed by atoms with van der Waals surface area (Å²) >= 11 is 0. The van der Waals surface area contributed by atoms with E-state index in [1.165, 1.54) is 0 Å². The molecule has 1 fully saturated rings. The van der Waals surface area contributed by atoms with Gasteiger partial charge in [0.2, 0.25) is 5.91 Å². The summed E-state index contributed by atoms with van der Waals surface area (Å²) in [4.78, 5) is 34.0. The van der Waals surface area contributed by atoms with Crippen molar-refractivity contribution in [3.63, 3.8) is 0 Å². The average molecular weight is 328 g/mol. The number of imidazole rings is 1. The molecule has 8 heteroatoms. The van der Waals surface area contributed by atoms with Crippen LogP contribution in [0.2, 0.25) is 0 Å². The molecular formula is C16H20N6O2. The Morgan fingerprint density at radius 3 is 2.92 bits per heavy atom. The third-order valence-corrected chi connectivity index (χ3v) is 4.08. The van der Waals surface area contributed by atoms with Crippen LogP contribution in [0, 0.1) is 0 Å². The molecule has 2 aromatic rings. The largest absolute Gasteiger partial charge is 0.357 e. The molecule has 2 N–H and O–H groups in total. The molecule has 0 saturated carbocycles. The van der Waals surface area contributed by atoms with Crippen molar-refractivity contribution in [2.24, 2.45) is 0 Å². The van der Waals surface area contributed by atoms with E-state index in [0.717, 1.165) is 17.8 Å². The van der Waals surface area contributed by atoms with Gasteiger partial charge in [0, 0.05) is 38.7 Å². The van der Waals surface area contributed by atoms with Gasteiger partial charge in [0.1, 0.15) is 18.2 Å². The quantitative estimate of drug-likeness (QED) is 0.863. The number of hydrogen-bond acceptors (Lipinski definition) is 4. The van der Waals surface area contributed by atoms with Crippen molar-refractivity contribution in [3.05, 3.63) is 42.6 Å². The summed E-state index contributed by atoms with van der Waals surface area (Å²) in [6, 6.07) is 3.17. The van der Waals surface area contributed by atoms with Crippen molar-refractivity contribution in [1.29, 1.82) is 0 Å². The highest BCUT2D eigenvalue weighted by atomic mass is 16.2. The Morgan fingerprint density at radius 2 is 2.25 bits per heavy atom. The molecule has 3 amide bonds. The lowest BCUT2D eigenvalue weighted by atomic mass is 10.2. The van der Waals surface area contributed by atoms with E-state index in [9.17, 15) is 9.59 Å². The number of amides is 3. The molecule has 1 saturated heterocycles. The predicted molar refractivity (Wildman–Crippen MR) is 87.4 cm³/mol. The van der Waals surface area contributed by atoms with E-state index in [2.05, 4.69) is 20.6 Å². The fourth-order valence-electron chi connectivity index (χ4n) is 2.80. The van der Waals surface area contributed by atoms with Crippen molar-refractivity contribution in [2.75, 3.05) is 13.6 Å². The lowest BCUT2D eigenvalue weighted by Crippen LogP contribution is -2.48. The van der Waals surface area contributed by atoms with E-state index in [4.69, 9.17) is 0 Å². The second-order valence-corrected chi connectivity index (χ2v) is 5.62. The smallest absolute Gasteiger partial charge is 0.318 e. The van der Waals surface area contributed by atoms with Gasteiger partial charge in [-0.25, -0.2) is 14.8 Å². The van der Waals surface area contributed by atoms with Gasteiger partial charge in [-0.3, -0.25) is 9.36 Å². The van der Waals surface area contributed by atoms with Crippen LogP contribution in [0.1, 0.15) is 18.4 Å². The zero-order valence-electron chi connectivity index (χ0n) is 13.5. The summed E-state index contributed by atoms with van der Waals surface area (Å²) in [7, 11) is 1.59. The van der Waals surface area contributed by atoms with E-state index in [-0.39, 0.29) is 18.0 Å². The number of likely N-dealkylation sites (tertiary alicyclic amines) is 1. The molecule has 1 unspecified atom stereocenters. The monoisotopic (exact) mass is 328 g/mol. The Balaban J connectivity index is 1.57. The molecule has 2 aromatic heterocycles. The average Bonchev–Trinajstić information content (AvgIpc) is 3.30. The van der Waals surface area contributed by atoms with Crippen LogP contribution in [0.4, 0.5) is 4.79 Å². The lowest BCUT2D eigenvalue weighted by molar-refractivity contribution is -0.124. The van der Waals surface area contributed by atoms with Gasteiger partial charge in [0.25, 0.3) is 0 Å².